The third kappa shape index (κ3) is 4.57. The van der Waals surface area contributed by atoms with Crippen LogP contribution in [0.4, 0.5) is 0 Å². The van der Waals surface area contributed by atoms with Gasteiger partial charge in [0.2, 0.25) is 0 Å². The van der Waals surface area contributed by atoms with Crippen molar-refractivity contribution in [1.29, 1.82) is 0 Å². The molecule has 43 heavy (non-hydrogen) atoms. The van der Waals surface area contributed by atoms with Crippen LogP contribution in [0.1, 0.15) is 108 Å². The van der Waals surface area contributed by atoms with Crippen LogP contribution in [0.2, 0.25) is 0 Å². The normalized spacial score (nSPS) is 48.0. The van der Waals surface area contributed by atoms with Gasteiger partial charge in [-0.3, -0.25) is 4.79 Å². The number of hydrogen-bond acceptors (Lipinski definition) is 5. The maximum Gasteiger partial charge on any atom is 0.307 e. The van der Waals surface area contributed by atoms with E-state index >= 15 is 0 Å². The molecule has 1 saturated heterocycles. The molecule has 5 rings (SSSR count). The van der Waals surface area contributed by atoms with Gasteiger partial charge in [-0.05, 0) is 91.3 Å². The lowest BCUT2D eigenvalue weighted by molar-refractivity contribution is -0.269. The molecule has 1 heterocycles. The van der Waals surface area contributed by atoms with Crippen LogP contribution >= 0.6 is 0 Å². The Hall–Kier alpha value is -0.950. The Morgan fingerprint density at radius 1 is 1.09 bits per heavy atom. The number of aliphatic carboxylic acids is 1. The molecule has 6 heteroatoms. The van der Waals surface area contributed by atoms with Crippen molar-refractivity contribution < 1.29 is 24.1 Å². The summed E-state index contributed by atoms with van der Waals surface area (Å²) in [5.74, 6) is 0.907. The molecule has 3 saturated carbocycles. The Bertz CT molecular complexity index is 1120. The number of ether oxygens (including phenoxy) is 3. The highest BCUT2D eigenvalue weighted by atomic mass is 16.5. The monoisotopic (exact) mass is 601 g/mol. The van der Waals surface area contributed by atoms with Gasteiger partial charge in [-0.1, -0.05) is 74.0 Å². The highest BCUT2D eigenvalue weighted by Gasteiger charge is 2.71. The zero-order valence-corrected chi connectivity index (χ0v) is 29.2. The van der Waals surface area contributed by atoms with Crippen molar-refractivity contribution in [3.63, 3.8) is 0 Å². The van der Waals surface area contributed by atoms with Crippen molar-refractivity contribution in [1.82, 2.24) is 0 Å². The summed E-state index contributed by atoms with van der Waals surface area (Å²) in [6.45, 7) is 24.5. The molecule has 246 valence electrons. The molecule has 1 aliphatic heterocycles. The van der Waals surface area contributed by atoms with E-state index in [0.29, 0.717) is 42.8 Å². The number of hydrogen-bond donors (Lipinski definition) is 2. The molecule has 0 aromatic carbocycles. The summed E-state index contributed by atoms with van der Waals surface area (Å²) < 4.78 is 19.7. The molecule has 12 atom stereocenters. The van der Waals surface area contributed by atoms with Gasteiger partial charge < -0.3 is 25.1 Å². The zero-order valence-electron chi connectivity index (χ0n) is 29.2. The van der Waals surface area contributed by atoms with Gasteiger partial charge in [0.1, 0.15) is 0 Å². The van der Waals surface area contributed by atoms with Gasteiger partial charge in [-0.2, -0.15) is 0 Å². The number of nitrogens with two attached hydrogens (primary N) is 1. The van der Waals surface area contributed by atoms with Crippen LogP contribution in [0.3, 0.4) is 0 Å². The first kappa shape index (κ1) is 33.4. The van der Waals surface area contributed by atoms with Gasteiger partial charge in [-0.15, -0.1) is 0 Å². The van der Waals surface area contributed by atoms with Crippen LogP contribution in [-0.4, -0.2) is 55.8 Å². The molecule has 6 nitrogen and oxygen atoms in total. The average molecular weight is 602 g/mol. The number of allylic oxidation sites excluding steroid dienone is 1. The smallest absolute Gasteiger partial charge is 0.307 e. The third-order valence-corrected chi connectivity index (χ3v) is 15.3. The quantitative estimate of drug-likeness (QED) is 0.283. The van der Waals surface area contributed by atoms with Crippen LogP contribution in [-0.2, 0) is 19.0 Å². The van der Waals surface area contributed by atoms with Crippen LogP contribution in [0.5, 0.6) is 0 Å². The predicted octanol–water partition coefficient (Wildman–Crippen LogP) is 7.35. The lowest BCUT2D eigenvalue weighted by Gasteiger charge is -2.71. The number of carboxylic acids is 1. The van der Waals surface area contributed by atoms with Crippen molar-refractivity contribution in [2.75, 3.05) is 26.9 Å². The van der Waals surface area contributed by atoms with Gasteiger partial charge in [0.05, 0.1) is 37.9 Å². The maximum absolute atomic E-state index is 13.3. The molecule has 4 aliphatic carbocycles. The second kappa shape index (κ2) is 10.8. The van der Waals surface area contributed by atoms with E-state index in [1.165, 1.54) is 0 Å². The molecule has 2 bridgehead atoms. The van der Waals surface area contributed by atoms with Crippen LogP contribution in [0, 0.1) is 62.6 Å². The molecule has 4 fully saturated rings. The molecule has 5 aliphatic rings. The molecular weight excluding hydrogens is 538 g/mol. The summed E-state index contributed by atoms with van der Waals surface area (Å²) in [5, 5.41) is 10.9. The van der Waals surface area contributed by atoms with Crippen molar-refractivity contribution >= 4 is 5.97 Å². The van der Waals surface area contributed by atoms with Crippen molar-refractivity contribution in [3.8, 4) is 0 Å². The molecule has 0 aromatic heterocycles. The Balaban J connectivity index is 1.55. The molecule has 0 aromatic rings. The largest absolute Gasteiger partial charge is 0.481 e. The summed E-state index contributed by atoms with van der Waals surface area (Å²) >= 11 is 0. The van der Waals surface area contributed by atoms with E-state index in [4.69, 9.17) is 19.9 Å². The zero-order chi connectivity index (χ0) is 32.0. The van der Waals surface area contributed by atoms with E-state index < -0.39 is 11.5 Å². The molecule has 0 radical (unpaired) electrons. The van der Waals surface area contributed by atoms with Crippen molar-refractivity contribution in [2.45, 2.75) is 126 Å². The second-order valence-corrected chi connectivity index (χ2v) is 17.7. The third-order valence-electron chi connectivity index (χ3n) is 15.3. The summed E-state index contributed by atoms with van der Waals surface area (Å²) in [4.78, 5) is 13.3. The topological polar surface area (TPSA) is 91.0 Å². The maximum atomic E-state index is 13.3. The fourth-order valence-electron chi connectivity index (χ4n) is 11.5. The van der Waals surface area contributed by atoms with E-state index in [1.807, 2.05) is 7.11 Å². The van der Waals surface area contributed by atoms with E-state index in [0.717, 1.165) is 45.1 Å². The lowest BCUT2D eigenvalue weighted by atomic mass is 9.34. The van der Waals surface area contributed by atoms with Gasteiger partial charge in [0.25, 0.3) is 0 Å². The summed E-state index contributed by atoms with van der Waals surface area (Å²) in [6.07, 6.45) is 8.36. The minimum atomic E-state index is -0.605. The fraction of sp³-hybridized carbons (Fsp3) is 0.919. The summed E-state index contributed by atoms with van der Waals surface area (Å²) in [6, 6.07) is 0. The van der Waals surface area contributed by atoms with Crippen molar-refractivity contribution in [3.05, 3.63) is 11.6 Å². The second-order valence-electron chi connectivity index (χ2n) is 17.7. The van der Waals surface area contributed by atoms with Gasteiger partial charge in [0.15, 0.2) is 0 Å². The Morgan fingerprint density at radius 3 is 2.35 bits per heavy atom. The number of rotatable bonds is 8. The Kier molecular flexibility index (Phi) is 8.40. The van der Waals surface area contributed by atoms with Gasteiger partial charge in [0, 0.05) is 23.5 Å². The molecule has 1 unspecified atom stereocenters. The fourth-order valence-corrected chi connectivity index (χ4v) is 11.5. The number of methoxy groups -OCH3 is 1. The standard InChI is InChI=1S/C37H63NO5/c1-22(2)24(5)32(6)16-17-34(8)25-12-13-28-33(7)19-42-21-37(28,26(25)14-15-35(34,9)29(32)31(39)40)18-27(41-11)30(33)43-20-36(10,38)23(3)4/h14,22-25,27-30H,12-13,15-21,38H2,1-11H3,(H,39,40)/t24-,25+,27-,28+,29-,30+,32-,33+,34-,35+,36?,37+/m1/s1. The minimum Gasteiger partial charge on any atom is -0.481 e. The first-order valence-corrected chi connectivity index (χ1v) is 17.3. The SMILES string of the molecule is CO[C@@H]1C[C@@]23COC[C@@](C)([C@@H]2CC[C@H]2C3=CC[C@@]3(C)[C@H](C(=O)O)[C@@](C)([C@H](C)C(C)C)CC[C@]23C)[C@H]1OCC(C)(N)C(C)C. The summed E-state index contributed by atoms with van der Waals surface area (Å²) in [7, 11) is 1.84. The highest BCUT2D eigenvalue weighted by molar-refractivity contribution is 5.73. The molecule has 0 amide bonds. The Morgan fingerprint density at radius 2 is 1.77 bits per heavy atom. The summed E-state index contributed by atoms with van der Waals surface area (Å²) in [5.41, 5.74) is 6.91. The molecular formula is C37H63NO5. The van der Waals surface area contributed by atoms with Gasteiger partial charge >= 0.3 is 5.97 Å². The van der Waals surface area contributed by atoms with Crippen LogP contribution < -0.4 is 5.73 Å². The van der Waals surface area contributed by atoms with E-state index in [1.54, 1.807) is 5.57 Å². The van der Waals surface area contributed by atoms with Crippen molar-refractivity contribution in [2.24, 2.45) is 68.3 Å². The average Bonchev–Trinajstić information content (AvgIpc) is 2.91. The number of fused-ring (bicyclic) bond motifs is 3. The first-order chi connectivity index (χ1) is 19.9. The number of carbonyl (C=O) groups is 1. The molecule has 0 spiro atoms. The van der Waals surface area contributed by atoms with Crippen LogP contribution in [0.15, 0.2) is 11.6 Å². The van der Waals surface area contributed by atoms with Crippen LogP contribution in [0.25, 0.3) is 0 Å². The van der Waals surface area contributed by atoms with E-state index in [9.17, 15) is 9.90 Å². The lowest BCUT2D eigenvalue weighted by Crippen LogP contribution is -2.70. The Labute approximate surface area is 262 Å². The minimum absolute atomic E-state index is 0.0396. The van der Waals surface area contributed by atoms with E-state index in [2.05, 4.69) is 75.3 Å². The number of carboxylic acid groups (broad SMARTS) is 1. The predicted molar refractivity (Wildman–Crippen MR) is 172 cm³/mol. The van der Waals surface area contributed by atoms with Gasteiger partial charge in [-0.25, -0.2) is 0 Å². The highest BCUT2D eigenvalue weighted by Crippen LogP contribution is 2.75. The first-order valence-electron chi connectivity index (χ1n) is 17.3. The van der Waals surface area contributed by atoms with E-state index in [-0.39, 0.29) is 45.2 Å². The molecule has 3 N–H and O–H groups in total.